The molecule has 0 aromatic carbocycles. The van der Waals surface area contributed by atoms with E-state index in [-0.39, 0.29) is 0 Å². The molecule has 0 aromatic heterocycles. The number of hydrazine groups is 2. The summed E-state index contributed by atoms with van der Waals surface area (Å²) in [5, 5.41) is 6.74. The van der Waals surface area contributed by atoms with E-state index >= 15 is 0 Å². The average molecular weight is 158 g/mol. The molecule has 1 rings (SSSR count). The van der Waals surface area contributed by atoms with Gasteiger partial charge in [-0.3, -0.25) is 5.43 Å². The lowest BCUT2D eigenvalue weighted by molar-refractivity contribution is -0.0291. The quantitative estimate of drug-likeness (QED) is 0.569. The molecule has 0 aliphatic carbocycles. The summed E-state index contributed by atoms with van der Waals surface area (Å²) < 4.78 is 0. The molecular weight excluding hydrogens is 140 g/mol. The van der Waals surface area contributed by atoms with Gasteiger partial charge in [-0.1, -0.05) is 0 Å². The van der Waals surface area contributed by atoms with Crippen LogP contribution in [0.1, 0.15) is 0 Å². The molecular formula is C7H18N4. The molecule has 4 heteroatoms. The van der Waals surface area contributed by atoms with Crippen molar-refractivity contribution < 1.29 is 0 Å². The van der Waals surface area contributed by atoms with E-state index in [9.17, 15) is 0 Å². The monoisotopic (exact) mass is 158 g/mol. The van der Waals surface area contributed by atoms with Crippen molar-refractivity contribution in [3.05, 3.63) is 0 Å². The molecule has 11 heavy (non-hydrogen) atoms. The minimum absolute atomic E-state index is 1.11. The Morgan fingerprint density at radius 3 is 2.00 bits per heavy atom. The lowest BCUT2D eigenvalue weighted by Gasteiger charge is -2.37. The van der Waals surface area contributed by atoms with Gasteiger partial charge in [0.05, 0.1) is 0 Å². The molecule has 1 heterocycles. The van der Waals surface area contributed by atoms with Crippen molar-refractivity contribution in [2.45, 2.75) is 0 Å². The Balaban J connectivity index is 2.24. The van der Waals surface area contributed by atoms with E-state index in [1.807, 2.05) is 7.05 Å². The highest BCUT2D eigenvalue weighted by Crippen LogP contribution is 1.98. The van der Waals surface area contributed by atoms with E-state index < -0.39 is 0 Å². The molecule has 0 unspecified atom stereocenters. The van der Waals surface area contributed by atoms with Crippen LogP contribution < -0.4 is 5.43 Å². The number of hydrogen-bond donors (Lipinski definition) is 1. The van der Waals surface area contributed by atoms with E-state index in [2.05, 4.69) is 34.5 Å². The average Bonchev–Trinajstić information content (AvgIpc) is 2.05. The predicted molar refractivity (Wildman–Crippen MR) is 45.9 cm³/mol. The van der Waals surface area contributed by atoms with E-state index in [1.165, 1.54) is 0 Å². The van der Waals surface area contributed by atoms with Crippen molar-refractivity contribution in [3.63, 3.8) is 0 Å². The zero-order valence-electron chi connectivity index (χ0n) is 7.67. The maximum Gasteiger partial charge on any atom is 0.0275 e. The molecule has 0 radical (unpaired) electrons. The summed E-state index contributed by atoms with van der Waals surface area (Å²) in [5.74, 6) is 0. The van der Waals surface area contributed by atoms with Gasteiger partial charge in [-0.25, -0.2) is 15.0 Å². The summed E-state index contributed by atoms with van der Waals surface area (Å²) in [4.78, 5) is 0. The van der Waals surface area contributed by atoms with Gasteiger partial charge in [0, 0.05) is 40.3 Å². The molecule has 0 spiro atoms. The predicted octanol–water partition coefficient (Wildman–Crippen LogP) is -0.785. The Kier molecular flexibility index (Phi) is 3.26. The van der Waals surface area contributed by atoms with E-state index in [0.717, 1.165) is 26.2 Å². The number of piperazine rings is 1. The van der Waals surface area contributed by atoms with Crippen molar-refractivity contribution in [1.82, 2.24) is 20.5 Å². The van der Waals surface area contributed by atoms with Gasteiger partial charge in [0.1, 0.15) is 0 Å². The molecule has 1 N–H and O–H groups in total. The third kappa shape index (κ3) is 2.41. The van der Waals surface area contributed by atoms with E-state index in [0.29, 0.717) is 0 Å². The van der Waals surface area contributed by atoms with Gasteiger partial charge in [0.2, 0.25) is 0 Å². The first-order valence-corrected chi connectivity index (χ1v) is 4.08. The van der Waals surface area contributed by atoms with Crippen molar-refractivity contribution in [1.29, 1.82) is 0 Å². The highest BCUT2D eigenvalue weighted by molar-refractivity contribution is 4.65. The molecule has 0 atom stereocenters. The fraction of sp³-hybridized carbons (Fsp3) is 1.00. The van der Waals surface area contributed by atoms with Crippen LogP contribution in [0.3, 0.4) is 0 Å². The second-order valence-electron chi connectivity index (χ2n) is 3.01. The highest BCUT2D eigenvalue weighted by Gasteiger charge is 2.15. The lowest BCUT2D eigenvalue weighted by Crippen LogP contribution is -2.54. The SMILES string of the molecule is CNN1CCN(N(C)C)CC1. The van der Waals surface area contributed by atoms with Gasteiger partial charge in [-0.05, 0) is 7.05 Å². The minimum atomic E-state index is 1.11. The summed E-state index contributed by atoms with van der Waals surface area (Å²) in [5.41, 5.74) is 3.15. The summed E-state index contributed by atoms with van der Waals surface area (Å²) in [6.07, 6.45) is 0. The number of hydrogen-bond acceptors (Lipinski definition) is 4. The van der Waals surface area contributed by atoms with Gasteiger partial charge in [-0.15, -0.1) is 0 Å². The zero-order valence-corrected chi connectivity index (χ0v) is 7.67. The van der Waals surface area contributed by atoms with Crippen LogP contribution in [0.5, 0.6) is 0 Å². The van der Waals surface area contributed by atoms with Gasteiger partial charge in [0.15, 0.2) is 0 Å². The van der Waals surface area contributed by atoms with Gasteiger partial charge in [0.25, 0.3) is 0 Å². The Labute approximate surface area is 68.7 Å². The smallest absolute Gasteiger partial charge is 0.0275 e. The molecule has 1 saturated heterocycles. The molecule has 1 fully saturated rings. The van der Waals surface area contributed by atoms with Crippen LogP contribution >= 0.6 is 0 Å². The topological polar surface area (TPSA) is 21.8 Å². The van der Waals surface area contributed by atoms with Crippen LogP contribution in [-0.4, -0.2) is 62.3 Å². The van der Waals surface area contributed by atoms with Crippen LogP contribution in [0.4, 0.5) is 0 Å². The molecule has 66 valence electrons. The number of nitrogens with one attached hydrogen (secondary N) is 1. The van der Waals surface area contributed by atoms with Crippen LogP contribution in [0.15, 0.2) is 0 Å². The molecule has 0 amide bonds. The fourth-order valence-corrected chi connectivity index (χ4v) is 1.32. The van der Waals surface area contributed by atoms with E-state index in [4.69, 9.17) is 0 Å². The maximum atomic E-state index is 3.15. The van der Waals surface area contributed by atoms with Gasteiger partial charge >= 0.3 is 0 Å². The Hall–Kier alpha value is -0.160. The lowest BCUT2D eigenvalue weighted by atomic mass is 10.4. The third-order valence-corrected chi connectivity index (χ3v) is 2.14. The van der Waals surface area contributed by atoms with Crippen LogP contribution in [0.25, 0.3) is 0 Å². The summed E-state index contributed by atoms with van der Waals surface area (Å²) in [6, 6.07) is 0. The summed E-state index contributed by atoms with van der Waals surface area (Å²) >= 11 is 0. The second-order valence-corrected chi connectivity index (χ2v) is 3.01. The Morgan fingerprint density at radius 2 is 1.64 bits per heavy atom. The van der Waals surface area contributed by atoms with Crippen molar-refractivity contribution in [2.24, 2.45) is 0 Å². The first kappa shape index (κ1) is 8.93. The zero-order chi connectivity index (χ0) is 8.27. The minimum Gasteiger partial charge on any atom is -0.258 e. The van der Waals surface area contributed by atoms with Crippen LogP contribution in [-0.2, 0) is 0 Å². The summed E-state index contributed by atoms with van der Waals surface area (Å²) in [7, 11) is 6.16. The standard InChI is InChI=1S/C7H18N4/c1-8-10-4-6-11(7-5-10)9(2)3/h8H,4-7H2,1-3H3. The Morgan fingerprint density at radius 1 is 1.09 bits per heavy atom. The first-order valence-electron chi connectivity index (χ1n) is 4.08. The maximum absolute atomic E-state index is 3.15. The fourth-order valence-electron chi connectivity index (χ4n) is 1.32. The van der Waals surface area contributed by atoms with E-state index in [1.54, 1.807) is 0 Å². The normalized spacial score (nSPS) is 22.9. The largest absolute Gasteiger partial charge is 0.258 e. The molecule has 0 bridgehead atoms. The van der Waals surface area contributed by atoms with Crippen molar-refractivity contribution in [2.75, 3.05) is 47.3 Å². The summed E-state index contributed by atoms with van der Waals surface area (Å²) in [6.45, 7) is 4.45. The number of nitrogens with zero attached hydrogens (tertiary/aromatic N) is 3. The molecule has 1 aliphatic rings. The first-order chi connectivity index (χ1) is 5.24. The Bertz CT molecular complexity index is 107. The third-order valence-electron chi connectivity index (χ3n) is 2.14. The molecule has 4 nitrogen and oxygen atoms in total. The van der Waals surface area contributed by atoms with Crippen molar-refractivity contribution in [3.8, 4) is 0 Å². The van der Waals surface area contributed by atoms with Crippen LogP contribution in [0.2, 0.25) is 0 Å². The van der Waals surface area contributed by atoms with Crippen LogP contribution in [0, 0.1) is 0 Å². The molecule has 0 aromatic rings. The number of rotatable bonds is 2. The van der Waals surface area contributed by atoms with Gasteiger partial charge < -0.3 is 0 Å². The second kappa shape index (κ2) is 4.01. The highest BCUT2D eigenvalue weighted by atomic mass is 15.6. The molecule has 1 aliphatic heterocycles. The van der Waals surface area contributed by atoms with Crippen molar-refractivity contribution >= 4 is 0 Å². The van der Waals surface area contributed by atoms with Gasteiger partial charge in [-0.2, -0.15) is 0 Å². The molecule has 0 saturated carbocycles.